The Labute approximate surface area is 113 Å². The van der Waals surface area contributed by atoms with Crippen molar-refractivity contribution in [2.45, 2.75) is 19.9 Å². The maximum Gasteiger partial charge on any atom is 0.238 e. The molecule has 1 amide bonds. The van der Waals surface area contributed by atoms with Crippen molar-refractivity contribution in [3.05, 3.63) is 29.8 Å². The third kappa shape index (κ3) is 4.43. The molecule has 0 saturated carbocycles. The van der Waals surface area contributed by atoms with Crippen LogP contribution >= 0.6 is 12.2 Å². The van der Waals surface area contributed by atoms with Gasteiger partial charge in [0, 0.05) is 5.69 Å². The molecule has 0 heterocycles. The molecule has 1 rings (SSSR count). The smallest absolute Gasteiger partial charge is 0.238 e. The molecule has 0 aliphatic heterocycles. The zero-order chi connectivity index (χ0) is 13.7. The lowest BCUT2D eigenvalue weighted by Crippen LogP contribution is -2.43. The number of anilines is 1. The fourth-order valence-corrected chi connectivity index (χ4v) is 1.68. The van der Waals surface area contributed by atoms with Crippen LogP contribution in [0.1, 0.15) is 12.5 Å². The van der Waals surface area contributed by atoms with E-state index in [1.807, 2.05) is 50.1 Å². The van der Waals surface area contributed by atoms with Gasteiger partial charge in [-0.25, -0.2) is 0 Å². The summed E-state index contributed by atoms with van der Waals surface area (Å²) < 4.78 is 0. The first-order valence-corrected chi connectivity index (χ1v) is 6.17. The normalized spacial score (nSPS) is 12.2. The number of carbonyl (C=O) groups excluding carboxylic acids is 1. The van der Waals surface area contributed by atoms with Gasteiger partial charge in [-0.15, -0.1) is 0 Å². The molecule has 3 N–H and O–H groups in total. The van der Waals surface area contributed by atoms with Gasteiger partial charge in [0.1, 0.15) is 0 Å². The second-order valence-corrected chi connectivity index (χ2v) is 4.88. The standard InChI is InChI=1S/C13H19N3OS/c1-9-5-4-6-11(7-9)15-12(17)8-16(3)10(2)13(14)18/h4-7,10H,8H2,1-3H3,(H2,14,18)(H,15,17). The van der Waals surface area contributed by atoms with Crippen molar-refractivity contribution in [3.8, 4) is 0 Å². The monoisotopic (exact) mass is 265 g/mol. The Kier molecular flexibility index (Phi) is 5.25. The first-order chi connectivity index (χ1) is 8.40. The largest absolute Gasteiger partial charge is 0.392 e. The van der Waals surface area contributed by atoms with Crippen LogP contribution in [0.4, 0.5) is 5.69 Å². The van der Waals surface area contributed by atoms with Gasteiger partial charge in [0.15, 0.2) is 0 Å². The minimum Gasteiger partial charge on any atom is -0.392 e. The summed E-state index contributed by atoms with van der Waals surface area (Å²) in [5, 5.41) is 2.84. The molecule has 1 aromatic carbocycles. The van der Waals surface area contributed by atoms with E-state index >= 15 is 0 Å². The van der Waals surface area contributed by atoms with Gasteiger partial charge >= 0.3 is 0 Å². The van der Waals surface area contributed by atoms with E-state index < -0.39 is 0 Å². The van der Waals surface area contributed by atoms with Crippen molar-refractivity contribution in [1.29, 1.82) is 0 Å². The maximum absolute atomic E-state index is 11.8. The number of amides is 1. The van der Waals surface area contributed by atoms with E-state index in [0.717, 1.165) is 11.3 Å². The highest BCUT2D eigenvalue weighted by Crippen LogP contribution is 2.09. The summed E-state index contributed by atoms with van der Waals surface area (Å²) in [7, 11) is 1.82. The third-order valence-corrected chi connectivity index (χ3v) is 3.11. The molecular weight excluding hydrogens is 246 g/mol. The molecule has 0 aliphatic carbocycles. The van der Waals surface area contributed by atoms with E-state index in [9.17, 15) is 4.79 Å². The second kappa shape index (κ2) is 6.47. The maximum atomic E-state index is 11.8. The summed E-state index contributed by atoms with van der Waals surface area (Å²) in [6.07, 6.45) is 0. The number of thiocarbonyl (C=S) groups is 1. The van der Waals surface area contributed by atoms with Crippen molar-refractivity contribution in [2.75, 3.05) is 18.9 Å². The lowest BCUT2D eigenvalue weighted by molar-refractivity contribution is -0.117. The van der Waals surface area contributed by atoms with Crippen molar-refractivity contribution >= 4 is 28.8 Å². The van der Waals surface area contributed by atoms with E-state index in [2.05, 4.69) is 5.32 Å². The number of likely N-dealkylation sites (N-methyl/N-ethyl adjacent to an activating group) is 1. The molecule has 1 aromatic rings. The van der Waals surface area contributed by atoms with Crippen LogP contribution in [0.2, 0.25) is 0 Å². The molecular formula is C13H19N3OS. The van der Waals surface area contributed by atoms with E-state index in [1.54, 1.807) is 0 Å². The molecule has 5 heteroatoms. The van der Waals surface area contributed by atoms with Gasteiger partial charge in [0.2, 0.25) is 5.91 Å². The first kappa shape index (κ1) is 14.6. The third-order valence-electron chi connectivity index (χ3n) is 2.77. The van der Waals surface area contributed by atoms with Crippen LogP contribution in [-0.2, 0) is 4.79 Å². The SMILES string of the molecule is Cc1cccc(NC(=O)CN(C)C(C)C(N)=S)c1. The molecule has 0 aromatic heterocycles. The van der Waals surface area contributed by atoms with Crippen molar-refractivity contribution in [3.63, 3.8) is 0 Å². The molecule has 1 unspecified atom stereocenters. The molecule has 0 aliphatic rings. The van der Waals surface area contributed by atoms with Crippen LogP contribution < -0.4 is 11.1 Å². The van der Waals surface area contributed by atoms with Crippen molar-refractivity contribution in [2.24, 2.45) is 5.73 Å². The Balaban J connectivity index is 2.54. The topological polar surface area (TPSA) is 58.4 Å². The van der Waals surface area contributed by atoms with Crippen LogP contribution in [0.25, 0.3) is 0 Å². The number of nitrogens with two attached hydrogens (primary N) is 1. The fourth-order valence-electron chi connectivity index (χ4n) is 1.50. The van der Waals surface area contributed by atoms with Gasteiger partial charge in [-0.3, -0.25) is 9.69 Å². The molecule has 4 nitrogen and oxygen atoms in total. The van der Waals surface area contributed by atoms with Crippen LogP contribution in [0.15, 0.2) is 24.3 Å². The van der Waals surface area contributed by atoms with Gasteiger partial charge < -0.3 is 11.1 Å². The Bertz CT molecular complexity index is 448. The van der Waals surface area contributed by atoms with Gasteiger partial charge in [0.05, 0.1) is 17.6 Å². The summed E-state index contributed by atoms with van der Waals surface area (Å²) in [5.41, 5.74) is 7.45. The zero-order valence-electron chi connectivity index (χ0n) is 10.9. The minimum absolute atomic E-state index is 0.0776. The Morgan fingerprint density at radius 3 is 2.78 bits per heavy atom. The second-order valence-electron chi connectivity index (χ2n) is 4.41. The summed E-state index contributed by atoms with van der Waals surface area (Å²) >= 11 is 4.90. The Hall–Kier alpha value is -1.46. The fraction of sp³-hybridized carbons (Fsp3) is 0.385. The van der Waals surface area contributed by atoms with Gasteiger partial charge in [-0.1, -0.05) is 24.4 Å². The number of nitrogens with zero attached hydrogens (tertiary/aromatic N) is 1. The lowest BCUT2D eigenvalue weighted by atomic mass is 10.2. The summed E-state index contributed by atoms with van der Waals surface area (Å²) in [6, 6.07) is 7.59. The highest BCUT2D eigenvalue weighted by Gasteiger charge is 2.15. The van der Waals surface area contributed by atoms with E-state index in [0.29, 0.717) is 4.99 Å². The van der Waals surface area contributed by atoms with Crippen LogP contribution in [0.3, 0.4) is 0 Å². The number of nitrogens with one attached hydrogen (secondary N) is 1. The summed E-state index contributed by atoms with van der Waals surface area (Å²) in [5.74, 6) is -0.0776. The quantitative estimate of drug-likeness (QED) is 0.793. The van der Waals surface area contributed by atoms with Crippen molar-refractivity contribution < 1.29 is 4.79 Å². The van der Waals surface area contributed by atoms with Gasteiger partial charge in [-0.2, -0.15) is 0 Å². The summed E-state index contributed by atoms with van der Waals surface area (Å²) in [6.45, 7) is 4.12. The van der Waals surface area contributed by atoms with Crippen LogP contribution in [0, 0.1) is 6.92 Å². The van der Waals surface area contributed by atoms with E-state index in [4.69, 9.17) is 18.0 Å². The van der Waals surface area contributed by atoms with Gasteiger partial charge in [-0.05, 0) is 38.6 Å². The molecule has 1 atom stereocenters. The average molecular weight is 265 g/mol. The molecule has 18 heavy (non-hydrogen) atoms. The number of carbonyl (C=O) groups is 1. The minimum atomic E-state index is -0.0942. The first-order valence-electron chi connectivity index (χ1n) is 5.76. The Morgan fingerprint density at radius 1 is 1.56 bits per heavy atom. The predicted molar refractivity (Wildman–Crippen MR) is 78.7 cm³/mol. The molecule has 0 spiro atoms. The van der Waals surface area contributed by atoms with Crippen molar-refractivity contribution in [1.82, 2.24) is 4.90 Å². The molecule has 98 valence electrons. The molecule has 0 saturated heterocycles. The number of hydrogen-bond donors (Lipinski definition) is 2. The average Bonchev–Trinajstić information content (AvgIpc) is 2.27. The number of hydrogen-bond acceptors (Lipinski definition) is 3. The van der Waals surface area contributed by atoms with Crippen LogP contribution in [-0.4, -0.2) is 35.4 Å². The number of benzene rings is 1. The predicted octanol–water partition coefficient (Wildman–Crippen LogP) is 1.54. The number of aryl methyl sites for hydroxylation is 1. The highest BCUT2D eigenvalue weighted by molar-refractivity contribution is 7.80. The van der Waals surface area contributed by atoms with Crippen LogP contribution in [0.5, 0.6) is 0 Å². The van der Waals surface area contributed by atoms with E-state index in [1.165, 1.54) is 0 Å². The number of rotatable bonds is 5. The molecule has 0 bridgehead atoms. The highest BCUT2D eigenvalue weighted by atomic mass is 32.1. The zero-order valence-corrected chi connectivity index (χ0v) is 11.8. The van der Waals surface area contributed by atoms with E-state index in [-0.39, 0.29) is 18.5 Å². The Morgan fingerprint density at radius 2 is 2.22 bits per heavy atom. The molecule has 0 fully saturated rings. The summed E-state index contributed by atoms with van der Waals surface area (Å²) in [4.78, 5) is 14.0. The van der Waals surface area contributed by atoms with Gasteiger partial charge in [0.25, 0.3) is 0 Å². The lowest BCUT2D eigenvalue weighted by Gasteiger charge is -2.22. The molecule has 0 radical (unpaired) electrons.